The van der Waals surface area contributed by atoms with Crippen molar-refractivity contribution in [3.8, 4) is 0 Å². The van der Waals surface area contributed by atoms with E-state index in [1.165, 1.54) is 77.0 Å². The zero-order valence-corrected chi connectivity index (χ0v) is 47.0. The van der Waals surface area contributed by atoms with Crippen LogP contribution >= 0.6 is 7.82 Å². The predicted molar refractivity (Wildman–Crippen MR) is 298 cm³/mol. The van der Waals surface area contributed by atoms with Gasteiger partial charge in [0.05, 0.1) is 19.8 Å². The van der Waals surface area contributed by atoms with Crippen molar-refractivity contribution >= 4 is 25.7 Å². The SMILES string of the molecule is CC/C=C\C/C=C\C/C=C\CCCCCCCC(=O)OC(COC(=O)CCCCCCC/C=C\CCCCCCCC)COP(=O)(O)OCC(CO)OC(=O)CCCCCCC/C=C\CCCCCCCC. The summed E-state index contributed by atoms with van der Waals surface area (Å²) in [6.45, 7) is 4.50. The lowest BCUT2D eigenvalue weighted by Crippen LogP contribution is -2.30. The maximum atomic E-state index is 12.9. The van der Waals surface area contributed by atoms with Gasteiger partial charge in [0, 0.05) is 19.3 Å². The molecule has 0 spiro atoms. The molecule has 0 saturated heterocycles. The summed E-state index contributed by atoms with van der Waals surface area (Å²) in [6.07, 6.45) is 58.9. The topological polar surface area (TPSA) is 155 Å². The summed E-state index contributed by atoms with van der Waals surface area (Å²) in [7, 11) is -4.75. The van der Waals surface area contributed by atoms with Crippen molar-refractivity contribution in [2.75, 3.05) is 26.4 Å². The molecule has 0 aliphatic heterocycles. The number of allylic oxidation sites excluding steroid dienone is 10. The molecule has 0 bridgehead atoms. The Morgan fingerprint density at radius 1 is 0.403 bits per heavy atom. The number of phosphoric acid groups is 1. The summed E-state index contributed by atoms with van der Waals surface area (Å²) < 4.78 is 39.5. The van der Waals surface area contributed by atoms with Crippen molar-refractivity contribution in [3.63, 3.8) is 0 Å². The van der Waals surface area contributed by atoms with Gasteiger partial charge in [0.15, 0.2) is 6.10 Å². The second-order valence-corrected chi connectivity index (χ2v) is 20.9. The Balaban J connectivity index is 4.74. The van der Waals surface area contributed by atoms with Crippen LogP contribution in [0.1, 0.15) is 265 Å². The Bertz CT molecular complexity index is 1440. The van der Waals surface area contributed by atoms with Crippen LogP contribution in [0.25, 0.3) is 0 Å². The molecule has 0 aromatic rings. The first-order valence-corrected chi connectivity index (χ1v) is 30.7. The van der Waals surface area contributed by atoms with E-state index in [0.717, 1.165) is 128 Å². The highest BCUT2D eigenvalue weighted by molar-refractivity contribution is 7.47. The molecule has 0 saturated carbocycles. The average molecular weight is 1040 g/mol. The van der Waals surface area contributed by atoms with E-state index in [-0.39, 0.29) is 25.9 Å². The molecule has 3 unspecified atom stereocenters. The third-order valence-corrected chi connectivity index (χ3v) is 13.3. The molecule has 0 amide bonds. The van der Waals surface area contributed by atoms with E-state index in [2.05, 4.69) is 81.5 Å². The minimum atomic E-state index is -4.75. The summed E-state index contributed by atoms with van der Waals surface area (Å²) in [4.78, 5) is 48.5. The Labute approximate surface area is 440 Å². The molecular formula is C60H107O11P. The van der Waals surface area contributed by atoms with E-state index >= 15 is 0 Å². The van der Waals surface area contributed by atoms with Crippen LogP contribution in [0.5, 0.6) is 0 Å². The lowest BCUT2D eigenvalue weighted by molar-refractivity contribution is -0.161. The summed E-state index contributed by atoms with van der Waals surface area (Å²) >= 11 is 0. The highest BCUT2D eigenvalue weighted by Gasteiger charge is 2.28. The van der Waals surface area contributed by atoms with Crippen molar-refractivity contribution in [1.29, 1.82) is 0 Å². The molecule has 0 aliphatic carbocycles. The molecular weight excluding hydrogens is 928 g/mol. The minimum absolute atomic E-state index is 0.146. The van der Waals surface area contributed by atoms with Crippen LogP contribution in [0.2, 0.25) is 0 Å². The summed E-state index contributed by atoms with van der Waals surface area (Å²) in [5.74, 6) is -1.50. The molecule has 0 radical (unpaired) electrons. The molecule has 0 fully saturated rings. The van der Waals surface area contributed by atoms with Crippen LogP contribution in [0.3, 0.4) is 0 Å². The molecule has 2 N–H and O–H groups in total. The number of rotatable bonds is 54. The number of phosphoric ester groups is 1. The van der Waals surface area contributed by atoms with Gasteiger partial charge in [-0.25, -0.2) is 4.57 Å². The van der Waals surface area contributed by atoms with E-state index < -0.39 is 57.8 Å². The number of hydrogen-bond donors (Lipinski definition) is 2. The number of carbonyl (C=O) groups excluding carboxylic acids is 3. The fraction of sp³-hybridized carbons (Fsp3) is 0.783. The van der Waals surface area contributed by atoms with E-state index in [1.54, 1.807) is 0 Å². The minimum Gasteiger partial charge on any atom is -0.462 e. The zero-order valence-electron chi connectivity index (χ0n) is 46.1. The fourth-order valence-electron chi connectivity index (χ4n) is 7.95. The number of carbonyl (C=O) groups is 3. The van der Waals surface area contributed by atoms with Gasteiger partial charge in [0.25, 0.3) is 0 Å². The van der Waals surface area contributed by atoms with E-state index in [9.17, 15) is 28.9 Å². The Hall–Kier alpha value is -2.82. The maximum Gasteiger partial charge on any atom is 0.472 e. The van der Waals surface area contributed by atoms with Gasteiger partial charge >= 0.3 is 25.7 Å². The van der Waals surface area contributed by atoms with Crippen LogP contribution < -0.4 is 0 Å². The van der Waals surface area contributed by atoms with Crippen LogP contribution in [-0.2, 0) is 42.2 Å². The number of unbranched alkanes of at least 4 members (excludes halogenated alkanes) is 27. The van der Waals surface area contributed by atoms with Crippen LogP contribution in [0.15, 0.2) is 60.8 Å². The monoisotopic (exact) mass is 1030 g/mol. The number of aliphatic hydroxyl groups is 1. The van der Waals surface area contributed by atoms with E-state index in [4.69, 9.17) is 23.3 Å². The van der Waals surface area contributed by atoms with Gasteiger partial charge in [0.1, 0.15) is 12.7 Å². The van der Waals surface area contributed by atoms with Gasteiger partial charge in [0.2, 0.25) is 0 Å². The molecule has 3 atom stereocenters. The van der Waals surface area contributed by atoms with Crippen molar-refractivity contribution in [1.82, 2.24) is 0 Å². The zero-order chi connectivity index (χ0) is 52.7. The quantitative estimate of drug-likeness (QED) is 0.0197. The third kappa shape index (κ3) is 52.1. The van der Waals surface area contributed by atoms with Crippen molar-refractivity contribution in [2.24, 2.45) is 0 Å². The molecule has 0 aromatic carbocycles. The first-order chi connectivity index (χ1) is 35.2. The van der Waals surface area contributed by atoms with Crippen molar-refractivity contribution in [3.05, 3.63) is 60.8 Å². The number of aliphatic hydroxyl groups excluding tert-OH is 1. The Morgan fingerprint density at radius 2 is 0.722 bits per heavy atom. The van der Waals surface area contributed by atoms with Crippen LogP contribution in [0, 0.1) is 0 Å². The smallest absolute Gasteiger partial charge is 0.462 e. The molecule has 0 aromatic heterocycles. The summed E-state index contributed by atoms with van der Waals surface area (Å²) in [5.41, 5.74) is 0. The van der Waals surface area contributed by atoms with Crippen LogP contribution in [-0.4, -0.2) is 66.5 Å². The number of esters is 3. The standard InChI is InChI=1S/C60H107O11P/c1-4-7-10-13-16-19-22-25-28-31-34-37-40-43-46-49-58(62)67-53-57(71-60(64)51-48-45-42-39-36-33-30-27-24-21-18-15-12-9-6-3)55-69-72(65,66)68-54-56(52-61)70-59(63)50-47-44-41-38-35-32-29-26-23-20-17-14-11-8-5-2/h9,12,18,21,25-30,56-57,61H,4-8,10-11,13-17,19-20,22-24,31-55H2,1-3H3,(H,65,66)/b12-9-,21-18-,28-25-,29-26-,30-27-. The maximum absolute atomic E-state index is 12.9. The molecule has 72 heavy (non-hydrogen) atoms. The Kier molecular flexibility index (Phi) is 52.3. The fourth-order valence-corrected chi connectivity index (χ4v) is 8.73. The number of ether oxygens (including phenoxy) is 3. The molecule has 0 rings (SSSR count). The molecule has 0 aliphatic rings. The van der Waals surface area contributed by atoms with Gasteiger partial charge in [-0.1, -0.05) is 204 Å². The summed E-state index contributed by atoms with van der Waals surface area (Å²) in [5, 5.41) is 9.81. The lowest BCUT2D eigenvalue weighted by Gasteiger charge is -2.21. The molecule has 0 heterocycles. The van der Waals surface area contributed by atoms with Crippen LogP contribution in [0.4, 0.5) is 0 Å². The highest BCUT2D eigenvalue weighted by Crippen LogP contribution is 2.43. The Morgan fingerprint density at radius 3 is 1.12 bits per heavy atom. The van der Waals surface area contributed by atoms with Gasteiger partial charge in [-0.15, -0.1) is 0 Å². The average Bonchev–Trinajstić information content (AvgIpc) is 3.37. The number of hydrogen-bond acceptors (Lipinski definition) is 10. The van der Waals surface area contributed by atoms with Crippen molar-refractivity contribution in [2.45, 2.75) is 277 Å². The molecule has 418 valence electrons. The first kappa shape index (κ1) is 69.2. The van der Waals surface area contributed by atoms with Gasteiger partial charge in [-0.05, 0) is 103 Å². The second-order valence-electron chi connectivity index (χ2n) is 19.4. The van der Waals surface area contributed by atoms with Gasteiger partial charge in [-0.3, -0.25) is 23.4 Å². The normalized spacial score (nSPS) is 13.8. The van der Waals surface area contributed by atoms with Crippen molar-refractivity contribution < 1.29 is 52.2 Å². The highest BCUT2D eigenvalue weighted by atomic mass is 31.2. The molecule has 11 nitrogen and oxygen atoms in total. The van der Waals surface area contributed by atoms with Gasteiger partial charge in [-0.2, -0.15) is 0 Å². The van der Waals surface area contributed by atoms with E-state index in [0.29, 0.717) is 19.3 Å². The predicted octanol–water partition coefficient (Wildman–Crippen LogP) is 17.1. The second kappa shape index (κ2) is 54.4. The largest absolute Gasteiger partial charge is 0.472 e. The lowest BCUT2D eigenvalue weighted by atomic mass is 10.1. The van der Waals surface area contributed by atoms with Gasteiger partial charge < -0.3 is 24.2 Å². The first-order valence-electron chi connectivity index (χ1n) is 29.2. The third-order valence-electron chi connectivity index (χ3n) is 12.4. The summed E-state index contributed by atoms with van der Waals surface area (Å²) in [6, 6.07) is 0. The molecule has 12 heteroatoms. The van der Waals surface area contributed by atoms with E-state index in [1.807, 2.05) is 0 Å².